The average molecular weight is 439 g/mol. The van der Waals surface area contributed by atoms with Gasteiger partial charge in [0.25, 0.3) is 0 Å². The van der Waals surface area contributed by atoms with Gasteiger partial charge in [-0.25, -0.2) is 0 Å². The molecule has 0 atom stereocenters. The van der Waals surface area contributed by atoms with Crippen molar-refractivity contribution < 1.29 is 17.0 Å². The van der Waals surface area contributed by atoms with Crippen LogP contribution in [0.4, 0.5) is 0 Å². The van der Waals surface area contributed by atoms with Crippen molar-refractivity contribution in [3.05, 3.63) is 113 Å². The van der Waals surface area contributed by atoms with Gasteiger partial charge in [-0.3, -0.25) is 0 Å². The highest BCUT2D eigenvalue weighted by molar-refractivity contribution is 7.95. The minimum atomic E-state index is -1.74. The summed E-state index contributed by atoms with van der Waals surface area (Å²) in [5.41, 5.74) is 1.43. The Balaban J connectivity index is 0.00000196. The van der Waals surface area contributed by atoms with Gasteiger partial charge in [-0.05, 0) is 53.2 Å². The zero-order valence-electron chi connectivity index (χ0n) is 14.3. The smallest absolute Gasteiger partial charge is 0.116 e. The number of halogens is 1. The van der Waals surface area contributed by atoms with E-state index < -0.39 is 7.26 Å². The lowest BCUT2D eigenvalue weighted by Crippen LogP contribution is -3.00. The van der Waals surface area contributed by atoms with E-state index in [1.807, 2.05) is 0 Å². The third-order valence-corrected chi connectivity index (χ3v) is 9.70. The van der Waals surface area contributed by atoms with Crippen LogP contribution in [-0.4, -0.2) is 0 Å². The molecule has 0 aliphatic heterocycles. The highest BCUT2D eigenvalue weighted by Crippen LogP contribution is 2.58. The summed E-state index contributed by atoms with van der Waals surface area (Å²) >= 11 is 1.78. The van der Waals surface area contributed by atoms with Gasteiger partial charge in [0.2, 0.25) is 0 Å². The van der Waals surface area contributed by atoms with E-state index in [2.05, 4.69) is 108 Å². The molecule has 0 fully saturated rings. The molecular weight excluding hydrogens is 419 g/mol. The van der Waals surface area contributed by atoms with Crippen LogP contribution in [0.5, 0.6) is 0 Å². The van der Waals surface area contributed by atoms with E-state index in [-0.39, 0.29) is 17.0 Å². The monoisotopic (exact) mass is 438 g/mol. The molecule has 0 saturated carbocycles. The highest BCUT2D eigenvalue weighted by atomic mass is 79.9. The maximum atomic E-state index is 2.31. The summed E-state index contributed by atoms with van der Waals surface area (Å²) in [7, 11) is -1.74. The number of benzene rings is 3. The molecule has 4 rings (SSSR count). The fraction of sp³-hybridized carbons (Fsp3) is 0.0435. The molecule has 0 aliphatic carbocycles. The van der Waals surface area contributed by atoms with Crippen molar-refractivity contribution in [2.75, 3.05) is 0 Å². The zero-order chi connectivity index (χ0) is 17.0. The van der Waals surface area contributed by atoms with Gasteiger partial charge in [0, 0.05) is 5.56 Å². The molecule has 3 aromatic carbocycles. The molecule has 3 heteroatoms. The Kier molecular flexibility index (Phi) is 6.43. The maximum Gasteiger partial charge on any atom is 0.116 e. The summed E-state index contributed by atoms with van der Waals surface area (Å²) in [4.78, 5) is 0. The van der Waals surface area contributed by atoms with Gasteiger partial charge in [-0.15, -0.1) is 0 Å². The molecule has 0 aliphatic rings. The van der Waals surface area contributed by atoms with Crippen LogP contribution in [0.3, 0.4) is 0 Å². The average Bonchev–Trinajstić information content (AvgIpc) is 3.21. The van der Waals surface area contributed by atoms with Crippen LogP contribution in [0.1, 0.15) is 5.56 Å². The Morgan fingerprint density at radius 2 is 1.00 bits per heavy atom. The minimum absolute atomic E-state index is 0. The molecule has 1 aromatic heterocycles. The maximum absolute atomic E-state index is 2.31. The van der Waals surface area contributed by atoms with Gasteiger partial charge in [-0.2, -0.15) is 11.3 Å². The minimum Gasteiger partial charge on any atom is -1.00 e. The highest BCUT2D eigenvalue weighted by Gasteiger charge is 2.45. The molecule has 0 radical (unpaired) electrons. The van der Waals surface area contributed by atoms with E-state index in [0.29, 0.717) is 0 Å². The second kappa shape index (κ2) is 8.77. The lowest BCUT2D eigenvalue weighted by atomic mass is 10.3. The molecule has 1 heterocycles. The predicted octanol–water partition coefficient (Wildman–Crippen LogP) is 2.25. The molecule has 0 saturated heterocycles. The van der Waals surface area contributed by atoms with Crippen LogP contribution >= 0.6 is 18.6 Å². The number of hydrogen-bond acceptors (Lipinski definition) is 1. The van der Waals surface area contributed by atoms with Gasteiger partial charge < -0.3 is 17.0 Å². The molecule has 26 heavy (non-hydrogen) atoms. The molecule has 0 N–H and O–H groups in total. The van der Waals surface area contributed by atoms with Crippen molar-refractivity contribution in [2.24, 2.45) is 0 Å². The van der Waals surface area contributed by atoms with Crippen molar-refractivity contribution >= 4 is 34.5 Å². The molecule has 0 nitrogen and oxygen atoms in total. The first-order valence-electron chi connectivity index (χ1n) is 8.45. The van der Waals surface area contributed by atoms with Crippen LogP contribution in [0.15, 0.2) is 108 Å². The summed E-state index contributed by atoms with van der Waals surface area (Å²) in [6.07, 6.45) is 1.06. The summed E-state index contributed by atoms with van der Waals surface area (Å²) < 4.78 is 0. The van der Waals surface area contributed by atoms with E-state index in [1.54, 1.807) is 11.3 Å². The third-order valence-electron chi connectivity index (χ3n) is 4.59. The van der Waals surface area contributed by atoms with Gasteiger partial charge >= 0.3 is 0 Å². The number of thiophene rings is 1. The molecule has 0 spiro atoms. The Bertz CT molecular complexity index is 810. The van der Waals surface area contributed by atoms with Crippen LogP contribution in [0, 0.1) is 0 Å². The van der Waals surface area contributed by atoms with Crippen molar-refractivity contribution in [3.8, 4) is 0 Å². The topological polar surface area (TPSA) is 0 Å². The van der Waals surface area contributed by atoms with Crippen molar-refractivity contribution in [1.29, 1.82) is 0 Å². The summed E-state index contributed by atoms with van der Waals surface area (Å²) in [6, 6.07) is 35.5. The Morgan fingerprint density at radius 3 is 1.35 bits per heavy atom. The van der Waals surface area contributed by atoms with Gasteiger partial charge in [0.05, 0.1) is 6.16 Å². The number of rotatable bonds is 5. The van der Waals surface area contributed by atoms with Gasteiger partial charge in [0.15, 0.2) is 0 Å². The second-order valence-corrected chi connectivity index (χ2v) is 10.4. The lowest BCUT2D eigenvalue weighted by Gasteiger charge is -2.27. The molecule has 0 amide bonds. The summed E-state index contributed by atoms with van der Waals surface area (Å²) in [6.45, 7) is 0. The second-order valence-electron chi connectivity index (χ2n) is 6.11. The first-order valence-corrected chi connectivity index (χ1v) is 11.4. The van der Waals surface area contributed by atoms with Crippen molar-refractivity contribution in [3.63, 3.8) is 0 Å². The SMILES string of the molecule is [Br-].c1ccc([P+](Cc2ccsc2)(c2ccccc2)c2ccccc2)cc1. The van der Waals surface area contributed by atoms with E-state index in [9.17, 15) is 0 Å². The standard InChI is InChI=1S/C23H20PS.BrH/c1-4-10-21(11-5-1)24(18-20-16-17-25-19-20,22-12-6-2-7-13-22)23-14-8-3-9-15-23;/h1-17,19H,18H2;1H/q+1;/p-1. The normalized spacial score (nSPS) is 10.9. The van der Waals surface area contributed by atoms with Crippen LogP contribution in [-0.2, 0) is 6.16 Å². The van der Waals surface area contributed by atoms with E-state index in [1.165, 1.54) is 21.5 Å². The number of hydrogen-bond donors (Lipinski definition) is 0. The van der Waals surface area contributed by atoms with E-state index >= 15 is 0 Å². The van der Waals surface area contributed by atoms with Crippen molar-refractivity contribution in [1.82, 2.24) is 0 Å². The third kappa shape index (κ3) is 3.69. The first kappa shape index (κ1) is 19.0. The Hall–Kier alpha value is -1.73. The van der Waals surface area contributed by atoms with E-state index in [0.717, 1.165) is 6.16 Å². The van der Waals surface area contributed by atoms with Crippen molar-refractivity contribution in [2.45, 2.75) is 6.16 Å². The Morgan fingerprint density at radius 1 is 0.577 bits per heavy atom. The summed E-state index contributed by atoms with van der Waals surface area (Å²) in [5, 5.41) is 8.81. The fourth-order valence-electron chi connectivity index (χ4n) is 3.42. The largest absolute Gasteiger partial charge is 1.00 e. The van der Waals surface area contributed by atoms with Gasteiger partial charge in [-0.1, -0.05) is 54.6 Å². The van der Waals surface area contributed by atoms with Crippen LogP contribution < -0.4 is 32.9 Å². The van der Waals surface area contributed by atoms with Crippen LogP contribution in [0.2, 0.25) is 0 Å². The van der Waals surface area contributed by atoms with Crippen LogP contribution in [0.25, 0.3) is 0 Å². The lowest BCUT2D eigenvalue weighted by molar-refractivity contribution is -0.00000477. The Labute approximate surface area is 170 Å². The van der Waals surface area contributed by atoms with Gasteiger partial charge in [0.1, 0.15) is 23.2 Å². The molecule has 0 bridgehead atoms. The van der Waals surface area contributed by atoms with E-state index in [4.69, 9.17) is 0 Å². The zero-order valence-corrected chi connectivity index (χ0v) is 17.6. The summed E-state index contributed by atoms with van der Waals surface area (Å²) in [5.74, 6) is 0. The molecular formula is C23H20BrPS. The quantitative estimate of drug-likeness (QED) is 0.419. The fourth-order valence-corrected chi connectivity index (χ4v) is 8.45. The first-order chi connectivity index (χ1) is 12.4. The molecule has 130 valence electrons. The molecule has 4 aromatic rings. The predicted molar refractivity (Wildman–Crippen MR) is 113 cm³/mol. The molecule has 0 unspecified atom stereocenters.